The highest BCUT2D eigenvalue weighted by Gasteiger charge is 2.45. The lowest BCUT2D eigenvalue weighted by atomic mass is 10.3. The van der Waals surface area contributed by atoms with E-state index in [0.717, 1.165) is 23.8 Å². The summed E-state index contributed by atoms with van der Waals surface area (Å²) < 4.78 is 53.9. The maximum Gasteiger partial charge on any atom is 0.459 e. The van der Waals surface area contributed by atoms with Crippen molar-refractivity contribution < 1.29 is 70.4 Å². The second-order valence-electron chi connectivity index (χ2n) is 11.3. The summed E-state index contributed by atoms with van der Waals surface area (Å²) in [6.45, 7) is 8.51. The summed E-state index contributed by atoms with van der Waals surface area (Å²) in [5.41, 5.74) is 1.24. The fourth-order valence-corrected chi connectivity index (χ4v) is 6.98. The Hall–Kier alpha value is -6.27. The Morgan fingerprint density at radius 3 is 1.36 bits per heavy atom. The van der Waals surface area contributed by atoms with Crippen LogP contribution >= 0.6 is 18.6 Å². The van der Waals surface area contributed by atoms with Gasteiger partial charge in [0.05, 0.1) is 6.61 Å². The molecule has 3 atom stereocenters. The average molecular weight is 843 g/mol. The van der Waals surface area contributed by atoms with E-state index in [2.05, 4.69) is 35.7 Å². The van der Waals surface area contributed by atoms with Crippen LogP contribution in [0, 0.1) is 0 Å². The molecule has 0 saturated carbocycles. The van der Waals surface area contributed by atoms with Crippen LogP contribution in [0.15, 0.2) is 111 Å². The van der Waals surface area contributed by atoms with E-state index in [1.54, 1.807) is 85.5 Å². The molecular formula is C38H41N3O15PS+. The van der Waals surface area contributed by atoms with Crippen LogP contribution in [-0.2, 0) is 42.7 Å². The molecule has 3 aromatic carbocycles. The van der Waals surface area contributed by atoms with E-state index in [1.165, 1.54) is 0 Å². The summed E-state index contributed by atoms with van der Waals surface area (Å²) in [6, 6.07) is 19.2. The van der Waals surface area contributed by atoms with Gasteiger partial charge in [0.2, 0.25) is 0 Å². The summed E-state index contributed by atoms with van der Waals surface area (Å²) in [4.78, 5) is 58.8. The third-order valence-electron chi connectivity index (χ3n) is 6.88. The third-order valence-corrected chi connectivity index (χ3v) is 9.99. The minimum absolute atomic E-state index is 0.0205. The molecule has 0 aromatic heterocycles. The number of benzene rings is 3. The largest absolute Gasteiger partial charge is 0.459 e. The van der Waals surface area contributed by atoms with Gasteiger partial charge in [-0.15, -0.1) is 6.58 Å². The zero-order chi connectivity index (χ0) is 41.8. The molecule has 1 fully saturated rings. The molecule has 58 heavy (non-hydrogen) atoms. The van der Waals surface area contributed by atoms with Crippen molar-refractivity contribution in [3.8, 4) is 17.2 Å². The minimum Gasteiger partial charge on any atom is -0.459 e. The fraction of sp³-hybridized carbons (Fsp3) is 0.237. The summed E-state index contributed by atoms with van der Waals surface area (Å²) >= 11 is 0.926. The predicted molar refractivity (Wildman–Crippen MR) is 214 cm³/mol. The zero-order valence-corrected chi connectivity index (χ0v) is 32.9. The molecule has 20 heteroatoms. The van der Waals surface area contributed by atoms with Gasteiger partial charge in [0.15, 0.2) is 17.8 Å². The van der Waals surface area contributed by atoms with Crippen LogP contribution in [0.5, 0.6) is 17.2 Å². The number of esters is 2. The van der Waals surface area contributed by atoms with Crippen molar-refractivity contribution in [2.24, 2.45) is 0 Å². The monoisotopic (exact) mass is 842 g/mol. The molecule has 0 aliphatic carbocycles. The number of hydrogen-bond acceptors (Lipinski definition) is 16. The topological polar surface area (TPSA) is 217 Å². The second-order valence-corrected chi connectivity index (χ2v) is 15.9. The molecule has 1 aliphatic rings. The molecule has 3 unspecified atom stereocenters. The van der Waals surface area contributed by atoms with Gasteiger partial charge >= 0.3 is 48.8 Å². The molecule has 3 aromatic rings. The Morgan fingerprint density at radius 2 is 0.983 bits per heavy atom. The first-order valence-corrected chi connectivity index (χ1v) is 20.6. The molecule has 1 saturated heterocycles. The number of rotatable bonds is 23. The highest BCUT2D eigenvalue weighted by Crippen LogP contribution is 2.67. The van der Waals surface area contributed by atoms with E-state index in [0.29, 0.717) is 34.3 Å². The van der Waals surface area contributed by atoms with E-state index in [-0.39, 0.29) is 52.0 Å². The van der Waals surface area contributed by atoms with Crippen LogP contribution in [0.25, 0.3) is 0 Å². The predicted octanol–water partition coefficient (Wildman–Crippen LogP) is 7.30. The van der Waals surface area contributed by atoms with E-state index in [1.807, 2.05) is 0 Å². The number of hydrogen-bond donors (Lipinski definition) is 3. The number of carbonyl (C=O) groups is 5. The fourth-order valence-electron chi connectivity index (χ4n) is 4.18. The number of carbonyl (C=O) groups excluding carboxylic acids is 5. The molecular weight excluding hydrogens is 801 g/mol. The summed E-state index contributed by atoms with van der Waals surface area (Å²) in [7, 11) is 0. The highest BCUT2D eigenvalue weighted by molar-refractivity contribution is 8.57. The molecule has 0 spiro atoms. The summed E-state index contributed by atoms with van der Waals surface area (Å²) in [5, 5.41) is 7.74. The highest BCUT2D eigenvalue weighted by atomic mass is 32.7. The molecule has 4 rings (SSSR count). The first-order chi connectivity index (χ1) is 28.0. The van der Waals surface area contributed by atoms with Crippen LogP contribution in [0.1, 0.15) is 0 Å². The summed E-state index contributed by atoms with van der Waals surface area (Å²) in [6.07, 6.45) is 0.931. The van der Waals surface area contributed by atoms with Crippen LogP contribution in [0.4, 0.5) is 31.4 Å². The van der Waals surface area contributed by atoms with Crippen molar-refractivity contribution in [2.45, 2.75) is 12.4 Å². The van der Waals surface area contributed by atoms with Crippen molar-refractivity contribution in [1.29, 1.82) is 0 Å². The molecule has 18 nitrogen and oxygen atoms in total. The van der Waals surface area contributed by atoms with E-state index < -0.39 is 37.1 Å². The van der Waals surface area contributed by atoms with Gasteiger partial charge < -0.3 is 37.3 Å². The van der Waals surface area contributed by atoms with Crippen molar-refractivity contribution in [3.63, 3.8) is 0 Å². The minimum atomic E-state index is -3.02. The normalized spacial score (nSPS) is 14.8. The van der Waals surface area contributed by atoms with Crippen LogP contribution in [0.2, 0.25) is 0 Å². The third kappa shape index (κ3) is 16.4. The maximum absolute atomic E-state index is 12.3. The van der Waals surface area contributed by atoms with Gasteiger partial charge in [0, 0.05) is 29.2 Å². The Kier molecular flexibility index (Phi) is 17.7. The molecule has 308 valence electrons. The number of ether oxygens (including phenoxy) is 7. The molecule has 0 bridgehead atoms. The number of anilines is 3. The van der Waals surface area contributed by atoms with Crippen molar-refractivity contribution in [3.05, 3.63) is 111 Å². The average Bonchev–Trinajstić information content (AvgIpc) is 3.99. The lowest BCUT2D eigenvalue weighted by Crippen LogP contribution is -2.17. The first kappa shape index (κ1) is 44.4. The lowest BCUT2D eigenvalue weighted by molar-refractivity contribution is -0.139. The first-order valence-electron chi connectivity index (χ1n) is 17.2. The zero-order valence-electron chi connectivity index (χ0n) is 31.2. The van der Waals surface area contributed by atoms with Gasteiger partial charge in [0.25, 0.3) is 0 Å². The van der Waals surface area contributed by atoms with Crippen LogP contribution in [0.3, 0.4) is 0 Å². The molecule has 1 aliphatic heterocycles. The Balaban J connectivity index is 1.34. The van der Waals surface area contributed by atoms with Crippen LogP contribution in [-0.4, -0.2) is 88.9 Å². The van der Waals surface area contributed by atoms with Gasteiger partial charge in [-0.05, 0) is 72.8 Å². The van der Waals surface area contributed by atoms with Crippen molar-refractivity contribution in [1.82, 2.24) is 0 Å². The smallest absolute Gasteiger partial charge is 0.459 e. The van der Waals surface area contributed by atoms with Crippen molar-refractivity contribution in [2.75, 3.05) is 62.3 Å². The number of nitrogens with one attached hydrogen (secondary N) is 3. The van der Waals surface area contributed by atoms with Gasteiger partial charge in [0.1, 0.15) is 51.6 Å². The Bertz CT molecular complexity index is 1880. The Labute approximate surface area is 338 Å². The SMILES string of the molecule is C=CC(=O)OCCOC(=O)Nc1ccc(OS[P+](C)(Oc2ccc(NC(=O)OCCOC(=O)C=C)cc2)Oc2ccc(NC(=O)OCCOC3OC3C=C)cc2)cc1. The van der Waals surface area contributed by atoms with Gasteiger partial charge in [-0.25, -0.2) is 24.0 Å². The maximum atomic E-state index is 12.3. The van der Waals surface area contributed by atoms with Crippen LogP contribution < -0.4 is 29.2 Å². The molecule has 1 heterocycles. The molecule has 3 amide bonds. The van der Waals surface area contributed by atoms with E-state index in [4.69, 9.17) is 46.4 Å². The van der Waals surface area contributed by atoms with Crippen molar-refractivity contribution >= 4 is 65.9 Å². The van der Waals surface area contributed by atoms with E-state index >= 15 is 0 Å². The molecule has 3 N–H and O–H groups in total. The number of amides is 3. The van der Waals surface area contributed by atoms with Gasteiger partial charge in [-0.3, -0.25) is 25.0 Å². The number of epoxide rings is 1. The Morgan fingerprint density at radius 1 is 0.603 bits per heavy atom. The van der Waals surface area contributed by atoms with Gasteiger partial charge in [-0.1, -0.05) is 19.2 Å². The summed E-state index contributed by atoms with van der Waals surface area (Å²) in [5.74, 6) is -0.108. The van der Waals surface area contributed by atoms with E-state index in [9.17, 15) is 24.0 Å². The molecule has 0 radical (unpaired) electrons. The standard InChI is InChI=1S/C38H40N3O15PS/c1-5-32-35(53-32)49-22-25-52-38(46)40-27-10-16-30(17-11-27)55-57(4,54-29-14-8-26(9-15-29)39-36(44)50-23-20-47-33(42)6-2)58-56-31-18-12-28(13-19-31)41-37(45)51-24-21-48-34(43)7-3/h5-19,32,35H,1-3,20-25H2,4H3,(H2-,39,40,41,44,45,46)/p+1. The quantitative estimate of drug-likeness (QED) is 0.0125. The van der Waals surface area contributed by atoms with Gasteiger partial charge in [-0.2, -0.15) is 0 Å². The second kappa shape index (κ2) is 23.1. The lowest BCUT2D eigenvalue weighted by Gasteiger charge is -2.19.